The zero-order valence-corrected chi connectivity index (χ0v) is 7.59. The Labute approximate surface area is 76.2 Å². The Balaban J connectivity index is 2.45. The van der Waals surface area contributed by atoms with E-state index in [1.807, 2.05) is 0 Å². The van der Waals surface area contributed by atoms with Crippen LogP contribution in [0.4, 0.5) is 8.78 Å². The van der Waals surface area contributed by atoms with Gasteiger partial charge in [0.1, 0.15) is 0 Å². The first-order valence-electron chi connectivity index (χ1n) is 4.32. The van der Waals surface area contributed by atoms with E-state index in [0.717, 1.165) is 5.57 Å². The molecule has 0 spiro atoms. The minimum absolute atomic E-state index is 0.116. The lowest BCUT2D eigenvalue weighted by Gasteiger charge is -2.23. The average Bonchev–Trinajstić information content (AvgIpc) is 2.08. The maximum Gasteiger partial charge on any atom is 0.248 e. The summed E-state index contributed by atoms with van der Waals surface area (Å²) in [6, 6.07) is 0. The second-order valence-corrected chi connectivity index (χ2v) is 3.31. The molecule has 1 saturated carbocycles. The molecule has 0 aromatic carbocycles. The summed E-state index contributed by atoms with van der Waals surface area (Å²) in [6.45, 7) is 0. The fourth-order valence-corrected chi connectivity index (χ4v) is 1.37. The van der Waals surface area contributed by atoms with Gasteiger partial charge in [0.2, 0.25) is 5.92 Å². The molecule has 1 rings (SSSR count). The third-order valence-electron chi connectivity index (χ3n) is 2.24. The number of aliphatic hydroxyl groups is 1. The summed E-state index contributed by atoms with van der Waals surface area (Å²) >= 11 is 0. The predicted molar refractivity (Wildman–Crippen MR) is 44.5 cm³/mol. The molecule has 0 radical (unpaired) electrons. The minimum Gasteiger partial charge on any atom is -0.365 e. The molecule has 1 atom stereocenters. The van der Waals surface area contributed by atoms with E-state index in [9.17, 15) is 8.78 Å². The Morgan fingerprint density at radius 1 is 1.46 bits per heavy atom. The second kappa shape index (κ2) is 4.15. The van der Waals surface area contributed by atoms with Crippen LogP contribution in [0.2, 0.25) is 0 Å². The van der Waals surface area contributed by atoms with Gasteiger partial charge in [0.25, 0.3) is 0 Å². The fraction of sp³-hybridized carbons (Fsp3) is 0.778. The third-order valence-corrected chi connectivity index (χ3v) is 2.24. The summed E-state index contributed by atoms with van der Waals surface area (Å²) < 4.78 is 29.9. The molecule has 4 heteroatoms. The molecule has 0 bridgehead atoms. The summed E-state index contributed by atoms with van der Waals surface area (Å²) in [5.74, 6) is -2.52. The van der Waals surface area contributed by atoms with Gasteiger partial charge >= 0.3 is 0 Å². The highest BCUT2D eigenvalue weighted by atomic mass is 19.3. The monoisotopic (exact) mass is 192 g/mol. The van der Waals surface area contributed by atoms with Gasteiger partial charge in [0.05, 0.1) is 0 Å². The molecule has 1 N–H and O–H groups in total. The zero-order valence-electron chi connectivity index (χ0n) is 7.59. The Hall–Kier alpha value is -0.480. The molecule has 1 fully saturated rings. The van der Waals surface area contributed by atoms with Crippen LogP contribution in [0.25, 0.3) is 0 Å². The number of ether oxygens (including phenoxy) is 1. The van der Waals surface area contributed by atoms with Gasteiger partial charge in [-0.2, -0.15) is 0 Å². The number of aliphatic hydroxyl groups excluding tert-OH is 1. The molecule has 0 aromatic rings. The lowest BCUT2D eigenvalue weighted by molar-refractivity contribution is -0.0406. The number of hydrogen-bond donors (Lipinski definition) is 1. The standard InChI is InChI=1S/C9H14F2O2/c1-13-8(12)6-7-2-4-9(10,11)5-3-7/h6,8,12H,2-5H2,1H3. The van der Waals surface area contributed by atoms with Crippen LogP contribution in [0, 0.1) is 0 Å². The Morgan fingerprint density at radius 2 is 2.00 bits per heavy atom. The summed E-state index contributed by atoms with van der Waals surface area (Å²) in [5, 5.41) is 9.05. The first-order valence-corrected chi connectivity index (χ1v) is 4.32. The molecule has 0 aromatic heterocycles. The van der Waals surface area contributed by atoms with E-state index in [0.29, 0.717) is 12.8 Å². The molecule has 2 nitrogen and oxygen atoms in total. The number of methoxy groups -OCH3 is 1. The highest BCUT2D eigenvalue weighted by Crippen LogP contribution is 2.35. The molecular formula is C9H14F2O2. The normalized spacial score (nSPS) is 24.2. The van der Waals surface area contributed by atoms with Crippen LogP contribution in [0.3, 0.4) is 0 Å². The van der Waals surface area contributed by atoms with Gasteiger partial charge in [-0.3, -0.25) is 0 Å². The van der Waals surface area contributed by atoms with Crippen molar-refractivity contribution in [2.75, 3.05) is 7.11 Å². The molecule has 13 heavy (non-hydrogen) atoms. The predicted octanol–water partition coefficient (Wildman–Crippen LogP) is 2.09. The van der Waals surface area contributed by atoms with Crippen molar-refractivity contribution in [3.05, 3.63) is 11.6 Å². The lowest BCUT2D eigenvalue weighted by atomic mass is 9.91. The van der Waals surface area contributed by atoms with Gasteiger partial charge in [-0.1, -0.05) is 5.57 Å². The minimum atomic E-state index is -2.52. The number of hydrogen-bond acceptors (Lipinski definition) is 2. The van der Waals surface area contributed by atoms with Gasteiger partial charge in [0, 0.05) is 20.0 Å². The van der Waals surface area contributed by atoms with Crippen LogP contribution in [0.5, 0.6) is 0 Å². The van der Waals surface area contributed by atoms with Crippen LogP contribution >= 0.6 is 0 Å². The topological polar surface area (TPSA) is 29.5 Å². The number of halogens is 2. The molecular weight excluding hydrogens is 178 g/mol. The van der Waals surface area contributed by atoms with Gasteiger partial charge in [-0.25, -0.2) is 8.78 Å². The lowest BCUT2D eigenvalue weighted by Crippen LogP contribution is -2.21. The van der Waals surface area contributed by atoms with Crippen molar-refractivity contribution >= 4 is 0 Å². The summed E-state index contributed by atoms with van der Waals surface area (Å²) in [7, 11) is 1.37. The molecule has 1 unspecified atom stereocenters. The SMILES string of the molecule is COC(O)C=C1CCC(F)(F)CC1. The van der Waals surface area contributed by atoms with E-state index in [4.69, 9.17) is 5.11 Å². The van der Waals surface area contributed by atoms with Crippen molar-refractivity contribution in [2.45, 2.75) is 37.9 Å². The van der Waals surface area contributed by atoms with Crippen LogP contribution in [0.15, 0.2) is 11.6 Å². The van der Waals surface area contributed by atoms with E-state index < -0.39 is 12.2 Å². The summed E-state index contributed by atoms with van der Waals surface area (Å²) in [4.78, 5) is 0. The Bertz CT molecular complexity index is 190. The van der Waals surface area contributed by atoms with Gasteiger partial charge in [-0.15, -0.1) is 0 Å². The van der Waals surface area contributed by atoms with Crippen molar-refractivity contribution < 1.29 is 18.6 Å². The van der Waals surface area contributed by atoms with E-state index >= 15 is 0 Å². The Morgan fingerprint density at radius 3 is 2.46 bits per heavy atom. The maximum absolute atomic E-state index is 12.7. The van der Waals surface area contributed by atoms with E-state index in [-0.39, 0.29) is 12.8 Å². The fourth-order valence-electron chi connectivity index (χ4n) is 1.37. The first kappa shape index (κ1) is 10.6. The van der Waals surface area contributed by atoms with Crippen molar-refractivity contribution in [1.82, 2.24) is 0 Å². The van der Waals surface area contributed by atoms with Crippen LogP contribution in [-0.4, -0.2) is 24.4 Å². The second-order valence-electron chi connectivity index (χ2n) is 3.31. The van der Waals surface area contributed by atoms with Crippen LogP contribution < -0.4 is 0 Å². The number of allylic oxidation sites excluding steroid dienone is 1. The highest BCUT2D eigenvalue weighted by molar-refractivity contribution is 5.07. The molecule has 1 aliphatic carbocycles. The third kappa shape index (κ3) is 3.40. The molecule has 1 aliphatic rings. The summed E-state index contributed by atoms with van der Waals surface area (Å²) in [5.41, 5.74) is 0.861. The van der Waals surface area contributed by atoms with E-state index in [1.54, 1.807) is 0 Å². The van der Waals surface area contributed by atoms with Crippen LogP contribution in [-0.2, 0) is 4.74 Å². The molecule has 0 aliphatic heterocycles. The van der Waals surface area contributed by atoms with Gasteiger partial charge < -0.3 is 9.84 Å². The zero-order chi connectivity index (χ0) is 9.90. The molecule has 0 heterocycles. The molecule has 0 saturated heterocycles. The maximum atomic E-state index is 12.7. The largest absolute Gasteiger partial charge is 0.365 e. The van der Waals surface area contributed by atoms with Gasteiger partial charge in [-0.05, 0) is 18.9 Å². The smallest absolute Gasteiger partial charge is 0.248 e. The average molecular weight is 192 g/mol. The van der Waals surface area contributed by atoms with Crippen LogP contribution in [0.1, 0.15) is 25.7 Å². The number of alkyl halides is 2. The summed E-state index contributed by atoms with van der Waals surface area (Å²) in [6.07, 6.45) is 1.03. The Kier molecular flexibility index (Phi) is 3.39. The molecule has 76 valence electrons. The van der Waals surface area contributed by atoms with E-state index in [2.05, 4.69) is 4.74 Å². The van der Waals surface area contributed by atoms with E-state index in [1.165, 1.54) is 13.2 Å². The molecule has 0 amide bonds. The van der Waals surface area contributed by atoms with Crippen molar-refractivity contribution in [3.8, 4) is 0 Å². The quantitative estimate of drug-likeness (QED) is 0.536. The van der Waals surface area contributed by atoms with Crippen molar-refractivity contribution in [1.29, 1.82) is 0 Å². The first-order chi connectivity index (χ1) is 6.03. The van der Waals surface area contributed by atoms with Crippen molar-refractivity contribution in [2.24, 2.45) is 0 Å². The van der Waals surface area contributed by atoms with Gasteiger partial charge in [0.15, 0.2) is 6.29 Å². The number of rotatable bonds is 2. The van der Waals surface area contributed by atoms with Crippen molar-refractivity contribution in [3.63, 3.8) is 0 Å². The highest BCUT2D eigenvalue weighted by Gasteiger charge is 2.32.